The minimum atomic E-state index is -1.04. The molecular weight excluding hydrogens is 492 g/mol. The Balaban J connectivity index is 3.76. The Morgan fingerprint density at radius 3 is 1.74 bits per heavy atom. The zero-order valence-electron chi connectivity index (χ0n) is 24.5. The van der Waals surface area contributed by atoms with E-state index in [2.05, 4.69) is 50.3 Å². The van der Waals surface area contributed by atoms with E-state index in [1.165, 1.54) is 25.7 Å². The fraction of sp³-hybridized carbons (Fsp3) is 0.636. The van der Waals surface area contributed by atoms with E-state index in [1.807, 2.05) is 18.2 Å². The molecule has 0 spiro atoms. The molecule has 0 aliphatic rings. The first kappa shape index (κ1) is 36.6. The van der Waals surface area contributed by atoms with Gasteiger partial charge >= 0.3 is 11.9 Å². The summed E-state index contributed by atoms with van der Waals surface area (Å²) in [5, 5.41) is 19.9. The van der Waals surface area contributed by atoms with Crippen LogP contribution in [0.1, 0.15) is 110 Å². The highest BCUT2D eigenvalue weighted by atomic mass is 16.6. The number of esters is 2. The lowest BCUT2D eigenvalue weighted by Crippen LogP contribution is -2.25. The normalized spacial score (nSPS) is 13.8. The van der Waals surface area contributed by atoms with Crippen LogP contribution in [0.5, 0.6) is 0 Å². The van der Waals surface area contributed by atoms with Gasteiger partial charge in [-0.3, -0.25) is 9.59 Å². The Morgan fingerprint density at radius 1 is 0.641 bits per heavy atom. The number of rotatable bonds is 25. The van der Waals surface area contributed by atoms with E-state index < -0.39 is 18.2 Å². The molecule has 0 heterocycles. The molecular formula is C33H54O6. The molecule has 2 atom stereocenters. The predicted molar refractivity (Wildman–Crippen MR) is 160 cm³/mol. The van der Waals surface area contributed by atoms with Gasteiger partial charge in [0.2, 0.25) is 0 Å². The number of carbonyl (C=O) groups is 2. The van der Waals surface area contributed by atoms with Crippen molar-refractivity contribution in [3.05, 3.63) is 60.8 Å². The van der Waals surface area contributed by atoms with Crippen molar-refractivity contribution in [2.24, 2.45) is 0 Å². The van der Waals surface area contributed by atoms with Crippen LogP contribution in [0.3, 0.4) is 0 Å². The number of aliphatic hydroxyl groups excluding tert-OH is 2. The quantitative estimate of drug-likeness (QED) is 0.0534. The molecule has 39 heavy (non-hydrogen) atoms. The molecule has 0 rings (SSSR count). The predicted octanol–water partition coefficient (Wildman–Crippen LogP) is 7.47. The summed E-state index contributed by atoms with van der Waals surface area (Å²) < 4.78 is 10.1. The van der Waals surface area contributed by atoms with E-state index in [1.54, 1.807) is 6.08 Å². The molecule has 0 saturated carbocycles. The standard InChI is InChI=1S/C33H54O6/c1-3-5-7-9-11-12-13-14-15-16-18-19-21-24-30(34)25-23-27-33(37)39-29-31(35)28-38-32(36)26-22-20-17-10-8-6-4-2/h5,7,11-12,14-15,18-19,21,24,30-31,34-35H,3-4,6,8-10,13,16-17,20,22-23,25-29H2,1-2H3/b7-5-,12-11-,15-14-,19-18-,24-21+/t30?,31-/m0/s1. The molecule has 0 amide bonds. The highest BCUT2D eigenvalue weighted by Crippen LogP contribution is 2.09. The maximum Gasteiger partial charge on any atom is 0.305 e. The van der Waals surface area contributed by atoms with Crippen LogP contribution in [-0.4, -0.2) is 47.6 Å². The summed E-state index contributed by atoms with van der Waals surface area (Å²) in [6.45, 7) is 3.93. The molecule has 6 nitrogen and oxygen atoms in total. The maximum absolute atomic E-state index is 11.9. The fourth-order valence-corrected chi connectivity index (χ4v) is 3.58. The van der Waals surface area contributed by atoms with Gasteiger partial charge in [-0.1, -0.05) is 113 Å². The monoisotopic (exact) mass is 546 g/mol. The van der Waals surface area contributed by atoms with Gasteiger partial charge in [-0.25, -0.2) is 0 Å². The van der Waals surface area contributed by atoms with E-state index in [4.69, 9.17) is 9.47 Å². The number of hydrogen-bond donors (Lipinski definition) is 2. The average Bonchev–Trinajstić information content (AvgIpc) is 2.92. The van der Waals surface area contributed by atoms with Crippen LogP contribution < -0.4 is 0 Å². The second-order valence-corrected chi connectivity index (χ2v) is 9.69. The van der Waals surface area contributed by atoms with Crippen LogP contribution in [0.4, 0.5) is 0 Å². The van der Waals surface area contributed by atoms with Crippen molar-refractivity contribution >= 4 is 11.9 Å². The third-order valence-corrected chi connectivity index (χ3v) is 5.87. The van der Waals surface area contributed by atoms with E-state index in [-0.39, 0.29) is 25.6 Å². The molecule has 0 aromatic rings. The summed E-state index contributed by atoms with van der Waals surface area (Å²) in [5.41, 5.74) is 0. The number of allylic oxidation sites excluding steroid dienone is 9. The molecule has 0 fully saturated rings. The Bertz CT molecular complexity index is 734. The summed E-state index contributed by atoms with van der Waals surface area (Å²) in [5.74, 6) is -0.778. The van der Waals surface area contributed by atoms with E-state index in [0.717, 1.165) is 44.9 Å². The third kappa shape index (κ3) is 28.4. The first-order valence-corrected chi connectivity index (χ1v) is 14.9. The van der Waals surface area contributed by atoms with E-state index in [9.17, 15) is 19.8 Å². The van der Waals surface area contributed by atoms with Gasteiger partial charge in [0, 0.05) is 12.8 Å². The third-order valence-electron chi connectivity index (χ3n) is 5.87. The topological polar surface area (TPSA) is 93.1 Å². The van der Waals surface area contributed by atoms with Gasteiger partial charge in [-0.15, -0.1) is 0 Å². The van der Waals surface area contributed by atoms with Crippen molar-refractivity contribution in [3.63, 3.8) is 0 Å². The zero-order valence-corrected chi connectivity index (χ0v) is 24.5. The van der Waals surface area contributed by atoms with Gasteiger partial charge in [0.05, 0.1) is 6.10 Å². The number of carbonyl (C=O) groups excluding carboxylic acids is 2. The first-order valence-electron chi connectivity index (χ1n) is 14.9. The lowest BCUT2D eigenvalue weighted by Gasteiger charge is -2.12. The summed E-state index contributed by atoms with van der Waals surface area (Å²) >= 11 is 0. The Morgan fingerprint density at radius 2 is 1.15 bits per heavy atom. The highest BCUT2D eigenvalue weighted by molar-refractivity contribution is 5.69. The van der Waals surface area contributed by atoms with Crippen LogP contribution in [0, 0.1) is 0 Å². The minimum Gasteiger partial charge on any atom is -0.463 e. The van der Waals surface area contributed by atoms with Crippen molar-refractivity contribution < 1.29 is 29.3 Å². The van der Waals surface area contributed by atoms with Crippen LogP contribution >= 0.6 is 0 Å². The van der Waals surface area contributed by atoms with E-state index in [0.29, 0.717) is 19.3 Å². The Labute approximate surface area is 237 Å². The number of aliphatic hydroxyl groups is 2. The van der Waals surface area contributed by atoms with Crippen LogP contribution in [0.15, 0.2) is 60.8 Å². The molecule has 0 aromatic carbocycles. The van der Waals surface area contributed by atoms with Crippen molar-refractivity contribution in [3.8, 4) is 0 Å². The van der Waals surface area contributed by atoms with Gasteiger partial charge in [0.25, 0.3) is 0 Å². The Hall–Kier alpha value is -2.44. The molecule has 0 aliphatic heterocycles. The molecule has 0 bridgehead atoms. The van der Waals surface area contributed by atoms with Crippen molar-refractivity contribution in [2.75, 3.05) is 13.2 Å². The number of unbranched alkanes of at least 4 members (excludes halogenated alkanes) is 6. The molecule has 2 N–H and O–H groups in total. The smallest absolute Gasteiger partial charge is 0.305 e. The van der Waals surface area contributed by atoms with Gasteiger partial charge in [0.15, 0.2) is 0 Å². The molecule has 0 saturated heterocycles. The number of hydrogen-bond acceptors (Lipinski definition) is 6. The second kappa shape index (κ2) is 28.6. The van der Waals surface area contributed by atoms with Crippen LogP contribution in [0.25, 0.3) is 0 Å². The summed E-state index contributed by atoms with van der Waals surface area (Å²) in [7, 11) is 0. The summed E-state index contributed by atoms with van der Waals surface area (Å²) in [6.07, 6.45) is 31.7. The summed E-state index contributed by atoms with van der Waals surface area (Å²) in [6, 6.07) is 0. The zero-order chi connectivity index (χ0) is 28.8. The summed E-state index contributed by atoms with van der Waals surface area (Å²) in [4.78, 5) is 23.6. The molecule has 0 radical (unpaired) electrons. The van der Waals surface area contributed by atoms with Gasteiger partial charge in [-0.2, -0.15) is 0 Å². The largest absolute Gasteiger partial charge is 0.463 e. The molecule has 6 heteroatoms. The molecule has 0 aromatic heterocycles. The number of ether oxygens (including phenoxy) is 2. The molecule has 222 valence electrons. The van der Waals surface area contributed by atoms with Crippen molar-refractivity contribution in [2.45, 2.75) is 122 Å². The highest BCUT2D eigenvalue weighted by Gasteiger charge is 2.12. The van der Waals surface area contributed by atoms with Crippen LogP contribution in [-0.2, 0) is 19.1 Å². The second-order valence-electron chi connectivity index (χ2n) is 9.69. The average molecular weight is 547 g/mol. The van der Waals surface area contributed by atoms with Crippen molar-refractivity contribution in [1.29, 1.82) is 0 Å². The fourth-order valence-electron chi connectivity index (χ4n) is 3.58. The lowest BCUT2D eigenvalue weighted by atomic mass is 10.1. The van der Waals surface area contributed by atoms with Gasteiger partial charge < -0.3 is 19.7 Å². The maximum atomic E-state index is 11.9. The minimum absolute atomic E-state index is 0.152. The van der Waals surface area contributed by atoms with Crippen LogP contribution in [0.2, 0.25) is 0 Å². The Kier molecular flexibility index (Phi) is 26.8. The molecule has 0 aliphatic carbocycles. The lowest BCUT2D eigenvalue weighted by molar-refractivity contribution is -0.152. The van der Waals surface area contributed by atoms with Gasteiger partial charge in [-0.05, 0) is 44.9 Å². The SMILES string of the molecule is CC/C=C\C/C=C\C/C=C\C/C=C\C=C\C(O)CCCC(=O)OC[C@@H](O)COC(=O)CCCCCCCCC. The van der Waals surface area contributed by atoms with E-state index >= 15 is 0 Å². The van der Waals surface area contributed by atoms with Crippen molar-refractivity contribution in [1.82, 2.24) is 0 Å². The molecule has 1 unspecified atom stereocenters. The first-order chi connectivity index (χ1) is 19.0. The van der Waals surface area contributed by atoms with Gasteiger partial charge in [0.1, 0.15) is 19.3 Å².